The lowest BCUT2D eigenvalue weighted by Crippen LogP contribution is -2.37. The maximum Gasteiger partial charge on any atom is 0.416 e. The number of ether oxygens (including phenoxy) is 2. The molecule has 0 atom stereocenters. The molecular formula is C20H17ClF4N2O4. The molecule has 1 N–H and O–H groups in total. The monoisotopic (exact) mass is 460 g/mol. The third-order valence-corrected chi connectivity index (χ3v) is 4.77. The number of benzene rings is 2. The van der Waals surface area contributed by atoms with Crippen molar-refractivity contribution in [3.8, 4) is 0 Å². The van der Waals surface area contributed by atoms with Gasteiger partial charge in [0.25, 0.3) is 5.91 Å². The second-order valence-corrected chi connectivity index (χ2v) is 6.96. The summed E-state index contributed by atoms with van der Waals surface area (Å²) in [6, 6.07) is 6.55. The van der Waals surface area contributed by atoms with Crippen LogP contribution < -0.4 is 10.2 Å². The lowest BCUT2D eigenvalue weighted by Gasteiger charge is -2.31. The minimum atomic E-state index is -4.61. The highest BCUT2D eigenvalue weighted by molar-refractivity contribution is 6.33. The zero-order valence-electron chi connectivity index (χ0n) is 16.0. The molecule has 1 saturated heterocycles. The van der Waals surface area contributed by atoms with Crippen molar-refractivity contribution in [1.82, 2.24) is 0 Å². The number of hydrogen-bond acceptors (Lipinski definition) is 5. The number of amides is 1. The van der Waals surface area contributed by atoms with E-state index in [0.717, 1.165) is 18.2 Å². The number of hydrogen-bond donors (Lipinski definition) is 1. The molecule has 2 aromatic rings. The molecule has 6 nitrogen and oxygen atoms in total. The number of nitrogens with one attached hydrogen (secondary N) is 1. The van der Waals surface area contributed by atoms with Gasteiger partial charge in [-0.15, -0.1) is 0 Å². The third-order valence-electron chi connectivity index (χ3n) is 4.45. The molecule has 11 heteroatoms. The summed E-state index contributed by atoms with van der Waals surface area (Å²) in [5.74, 6) is -2.99. The smallest absolute Gasteiger partial charge is 0.416 e. The van der Waals surface area contributed by atoms with Crippen molar-refractivity contribution in [3.05, 3.63) is 58.4 Å². The molecule has 3 rings (SSSR count). The Bertz CT molecular complexity index is 958. The fourth-order valence-electron chi connectivity index (χ4n) is 2.97. The lowest BCUT2D eigenvalue weighted by atomic mass is 10.1. The van der Waals surface area contributed by atoms with Crippen LogP contribution in [0.25, 0.3) is 0 Å². The van der Waals surface area contributed by atoms with Crippen LogP contribution in [-0.2, 0) is 20.4 Å². The molecule has 1 amide bonds. The van der Waals surface area contributed by atoms with Crippen LogP contribution in [0.4, 0.5) is 28.9 Å². The van der Waals surface area contributed by atoms with Crippen molar-refractivity contribution < 1.29 is 36.6 Å². The lowest BCUT2D eigenvalue weighted by molar-refractivity contribution is -0.137. The van der Waals surface area contributed by atoms with E-state index in [2.05, 4.69) is 5.32 Å². The molecule has 2 aromatic carbocycles. The summed E-state index contributed by atoms with van der Waals surface area (Å²) in [7, 11) is 0. The van der Waals surface area contributed by atoms with Gasteiger partial charge in [0.2, 0.25) is 0 Å². The highest BCUT2D eigenvalue weighted by atomic mass is 35.5. The van der Waals surface area contributed by atoms with Gasteiger partial charge in [0.1, 0.15) is 11.4 Å². The SMILES string of the molecule is O=C(COC(=O)c1c(F)cccc1Cl)Nc1cc(C(F)(F)F)ccc1N1CCOCC1. The van der Waals surface area contributed by atoms with Gasteiger partial charge in [-0.1, -0.05) is 17.7 Å². The van der Waals surface area contributed by atoms with E-state index in [-0.39, 0.29) is 10.7 Å². The molecule has 0 radical (unpaired) electrons. The Morgan fingerprint density at radius 1 is 1.16 bits per heavy atom. The van der Waals surface area contributed by atoms with Crippen molar-refractivity contribution in [2.45, 2.75) is 6.18 Å². The molecule has 166 valence electrons. The summed E-state index contributed by atoms with van der Waals surface area (Å²) in [5.41, 5.74) is -1.21. The predicted octanol–water partition coefficient (Wildman–Crippen LogP) is 4.13. The molecule has 0 aromatic heterocycles. The summed E-state index contributed by atoms with van der Waals surface area (Å²) in [5, 5.41) is 2.13. The Labute approximate surface area is 179 Å². The first kappa shape index (κ1) is 22.8. The maximum absolute atomic E-state index is 13.8. The normalized spacial score (nSPS) is 14.3. The van der Waals surface area contributed by atoms with Crippen LogP contribution in [0.2, 0.25) is 5.02 Å². The van der Waals surface area contributed by atoms with Gasteiger partial charge in [0, 0.05) is 13.1 Å². The third kappa shape index (κ3) is 5.65. The van der Waals surface area contributed by atoms with Crippen molar-refractivity contribution in [2.24, 2.45) is 0 Å². The summed E-state index contributed by atoms with van der Waals surface area (Å²) in [4.78, 5) is 26.1. The Morgan fingerprint density at radius 3 is 2.52 bits per heavy atom. The summed E-state index contributed by atoms with van der Waals surface area (Å²) in [6.45, 7) is 0.775. The first-order chi connectivity index (χ1) is 14.7. The molecule has 1 aliphatic rings. The summed E-state index contributed by atoms with van der Waals surface area (Å²) in [6.07, 6.45) is -4.61. The van der Waals surface area contributed by atoms with Crippen molar-refractivity contribution >= 4 is 34.9 Å². The Morgan fingerprint density at radius 2 is 1.87 bits per heavy atom. The number of carbonyl (C=O) groups excluding carboxylic acids is 2. The van der Waals surface area contributed by atoms with Crippen molar-refractivity contribution in [3.63, 3.8) is 0 Å². The topological polar surface area (TPSA) is 67.9 Å². The number of alkyl halides is 3. The fraction of sp³-hybridized carbons (Fsp3) is 0.300. The van der Waals surface area contributed by atoms with E-state index in [4.69, 9.17) is 21.1 Å². The molecule has 0 bridgehead atoms. The van der Waals surface area contributed by atoms with Gasteiger partial charge < -0.3 is 19.7 Å². The van der Waals surface area contributed by atoms with Crippen LogP contribution in [0, 0.1) is 5.82 Å². The Kier molecular flexibility index (Phi) is 7.01. The molecule has 0 spiro atoms. The molecule has 1 aliphatic heterocycles. The van der Waals surface area contributed by atoms with Crippen LogP contribution >= 0.6 is 11.6 Å². The first-order valence-corrected chi connectivity index (χ1v) is 9.49. The summed E-state index contributed by atoms with van der Waals surface area (Å²) < 4.78 is 63.2. The second-order valence-electron chi connectivity index (χ2n) is 6.55. The number of nitrogens with zero attached hydrogens (tertiary/aromatic N) is 1. The number of morpholine rings is 1. The standard InChI is InChI=1S/C20H17ClF4N2O4/c21-13-2-1-3-14(22)18(13)19(29)31-11-17(28)26-15-10-12(20(23,24)25)4-5-16(15)27-6-8-30-9-7-27/h1-5,10H,6-9,11H2,(H,26,28). The molecule has 0 saturated carbocycles. The van der Waals surface area contributed by atoms with Gasteiger partial charge in [0.15, 0.2) is 6.61 Å². The van der Waals surface area contributed by atoms with Crippen LogP contribution in [0.5, 0.6) is 0 Å². The van der Waals surface area contributed by atoms with E-state index in [1.54, 1.807) is 4.90 Å². The van der Waals surface area contributed by atoms with Gasteiger partial charge in [-0.2, -0.15) is 13.2 Å². The predicted molar refractivity (Wildman–Crippen MR) is 105 cm³/mol. The maximum atomic E-state index is 13.8. The van der Waals surface area contributed by atoms with Crippen molar-refractivity contribution in [1.29, 1.82) is 0 Å². The van der Waals surface area contributed by atoms with Gasteiger partial charge >= 0.3 is 12.1 Å². The zero-order chi connectivity index (χ0) is 22.6. The number of anilines is 2. The number of esters is 1. The largest absolute Gasteiger partial charge is 0.452 e. The average molecular weight is 461 g/mol. The second kappa shape index (κ2) is 9.52. The molecule has 1 fully saturated rings. The van der Waals surface area contributed by atoms with E-state index in [1.807, 2.05) is 0 Å². The minimum absolute atomic E-state index is 0.0956. The molecule has 0 unspecified atom stereocenters. The van der Waals surface area contributed by atoms with E-state index in [0.29, 0.717) is 32.0 Å². The van der Waals surface area contributed by atoms with E-state index in [1.165, 1.54) is 18.2 Å². The van der Waals surface area contributed by atoms with Crippen molar-refractivity contribution in [2.75, 3.05) is 43.1 Å². The quantitative estimate of drug-likeness (QED) is 0.537. The first-order valence-electron chi connectivity index (χ1n) is 9.11. The zero-order valence-corrected chi connectivity index (χ0v) is 16.7. The number of carbonyl (C=O) groups is 2. The van der Waals surface area contributed by atoms with E-state index < -0.39 is 41.6 Å². The average Bonchev–Trinajstić information content (AvgIpc) is 2.72. The fourth-order valence-corrected chi connectivity index (χ4v) is 3.22. The number of halogens is 5. The Hall–Kier alpha value is -2.85. The molecule has 0 aliphatic carbocycles. The van der Waals surface area contributed by atoms with Crippen LogP contribution in [0.15, 0.2) is 36.4 Å². The van der Waals surface area contributed by atoms with Gasteiger partial charge in [-0.25, -0.2) is 9.18 Å². The minimum Gasteiger partial charge on any atom is -0.452 e. The van der Waals surface area contributed by atoms with Crippen LogP contribution in [0.1, 0.15) is 15.9 Å². The van der Waals surface area contributed by atoms with Gasteiger partial charge in [0.05, 0.1) is 35.2 Å². The molecular weight excluding hydrogens is 444 g/mol. The highest BCUT2D eigenvalue weighted by Gasteiger charge is 2.32. The van der Waals surface area contributed by atoms with E-state index >= 15 is 0 Å². The molecule has 31 heavy (non-hydrogen) atoms. The Balaban J connectivity index is 1.75. The highest BCUT2D eigenvalue weighted by Crippen LogP contribution is 2.35. The molecule has 1 heterocycles. The number of rotatable bonds is 5. The summed E-state index contributed by atoms with van der Waals surface area (Å²) >= 11 is 5.77. The van der Waals surface area contributed by atoms with Crippen LogP contribution in [-0.4, -0.2) is 44.8 Å². The van der Waals surface area contributed by atoms with Gasteiger partial charge in [-0.3, -0.25) is 4.79 Å². The van der Waals surface area contributed by atoms with Crippen LogP contribution in [0.3, 0.4) is 0 Å². The van der Waals surface area contributed by atoms with E-state index in [9.17, 15) is 27.2 Å². The van der Waals surface area contributed by atoms with Gasteiger partial charge in [-0.05, 0) is 30.3 Å².